The Kier molecular flexibility index (Phi) is 5.73. The molecule has 0 saturated heterocycles. The van der Waals surface area contributed by atoms with Crippen molar-refractivity contribution < 1.29 is 0 Å². The third kappa shape index (κ3) is 3.40. The first-order valence-electron chi connectivity index (χ1n) is 8.33. The SMILES string of the molecule is CNCCSC(c1ccccc1)(c1ccccc1)c1ccccc1. The van der Waals surface area contributed by atoms with Gasteiger partial charge < -0.3 is 5.32 Å². The number of hydrogen-bond donors (Lipinski definition) is 1. The quantitative estimate of drug-likeness (QED) is 0.486. The Morgan fingerprint density at radius 3 is 1.38 bits per heavy atom. The van der Waals surface area contributed by atoms with Gasteiger partial charge in [0, 0.05) is 12.3 Å². The van der Waals surface area contributed by atoms with E-state index in [-0.39, 0.29) is 4.75 Å². The number of benzene rings is 3. The molecule has 0 amide bonds. The molecule has 0 fully saturated rings. The van der Waals surface area contributed by atoms with Crippen molar-refractivity contribution in [2.24, 2.45) is 0 Å². The lowest BCUT2D eigenvalue weighted by Crippen LogP contribution is -2.27. The molecule has 1 N–H and O–H groups in total. The Balaban J connectivity index is 2.20. The predicted molar refractivity (Wildman–Crippen MR) is 106 cm³/mol. The first kappa shape index (κ1) is 16.8. The van der Waals surface area contributed by atoms with Crippen LogP contribution in [0.5, 0.6) is 0 Å². The van der Waals surface area contributed by atoms with Gasteiger partial charge in [0.05, 0.1) is 4.75 Å². The second-order valence-electron chi connectivity index (χ2n) is 5.73. The average Bonchev–Trinajstić information content (AvgIpc) is 2.68. The Labute approximate surface area is 149 Å². The standard InChI is InChI=1S/C22H23NS/c1-23-17-18-24-22(19-11-5-2-6-12-19,20-13-7-3-8-14-20)21-15-9-4-10-16-21/h2-16,23H,17-18H2,1H3. The molecule has 3 rings (SSSR count). The van der Waals surface area contributed by atoms with Gasteiger partial charge >= 0.3 is 0 Å². The molecule has 0 spiro atoms. The Hall–Kier alpha value is -2.03. The highest BCUT2D eigenvalue weighted by Crippen LogP contribution is 2.48. The van der Waals surface area contributed by atoms with Crippen molar-refractivity contribution in [3.63, 3.8) is 0 Å². The fourth-order valence-corrected chi connectivity index (χ4v) is 4.60. The molecule has 1 nitrogen and oxygen atoms in total. The van der Waals surface area contributed by atoms with E-state index in [1.165, 1.54) is 16.7 Å². The van der Waals surface area contributed by atoms with Gasteiger partial charge in [-0.05, 0) is 23.7 Å². The van der Waals surface area contributed by atoms with Crippen LogP contribution in [0.1, 0.15) is 16.7 Å². The van der Waals surface area contributed by atoms with E-state index in [1.54, 1.807) is 0 Å². The van der Waals surface area contributed by atoms with Crippen LogP contribution >= 0.6 is 11.8 Å². The summed E-state index contributed by atoms with van der Waals surface area (Å²) in [6, 6.07) is 32.5. The van der Waals surface area contributed by atoms with Crippen molar-refractivity contribution in [3.05, 3.63) is 108 Å². The predicted octanol–water partition coefficient (Wildman–Crippen LogP) is 4.93. The highest BCUT2D eigenvalue weighted by atomic mass is 32.2. The summed E-state index contributed by atoms with van der Waals surface area (Å²) in [6.45, 7) is 0.985. The summed E-state index contributed by atoms with van der Waals surface area (Å²) in [5, 5.41) is 3.27. The van der Waals surface area contributed by atoms with Gasteiger partial charge in [0.25, 0.3) is 0 Å². The topological polar surface area (TPSA) is 12.0 Å². The molecule has 0 unspecified atom stereocenters. The minimum atomic E-state index is -0.194. The van der Waals surface area contributed by atoms with Crippen LogP contribution in [-0.2, 0) is 4.75 Å². The van der Waals surface area contributed by atoms with Gasteiger partial charge in [0.15, 0.2) is 0 Å². The summed E-state index contributed by atoms with van der Waals surface area (Å²) in [7, 11) is 2.01. The molecule has 0 aromatic heterocycles. The van der Waals surface area contributed by atoms with E-state index in [0.29, 0.717) is 0 Å². The minimum absolute atomic E-state index is 0.194. The Bertz CT molecular complexity index is 629. The van der Waals surface area contributed by atoms with Gasteiger partial charge in [-0.25, -0.2) is 0 Å². The molecule has 3 aromatic rings. The maximum absolute atomic E-state index is 3.27. The Morgan fingerprint density at radius 2 is 1.04 bits per heavy atom. The maximum Gasteiger partial charge on any atom is 0.0907 e. The van der Waals surface area contributed by atoms with Crippen LogP contribution in [0.25, 0.3) is 0 Å². The van der Waals surface area contributed by atoms with Gasteiger partial charge in [0.2, 0.25) is 0 Å². The smallest absolute Gasteiger partial charge is 0.0907 e. The average molecular weight is 334 g/mol. The summed E-state index contributed by atoms with van der Waals surface area (Å²) in [5.41, 5.74) is 3.97. The summed E-state index contributed by atoms with van der Waals surface area (Å²) >= 11 is 1.99. The van der Waals surface area contributed by atoms with Crippen molar-refractivity contribution in [3.8, 4) is 0 Å². The molecular formula is C22H23NS. The van der Waals surface area contributed by atoms with Crippen LogP contribution in [0.4, 0.5) is 0 Å². The number of rotatable bonds is 7. The lowest BCUT2D eigenvalue weighted by Gasteiger charge is -2.35. The lowest BCUT2D eigenvalue weighted by atomic mass is 9.84. The molecule has 0 aliphatic heterocycles. The normalized spacial score (nSPS) is 11.4. The zero-order valence-electron chi connectivity index (χ0n) is 14.0. The molecule has 24 heavy (non-hydrogen) atoms. The fourth-order valence-electron chi connectivity index (χ4n) is 3.07. The molecule has 0 bridgehead atoms. The molecule has 0 aliphatic carbocycles. The molecule has 2 heteroatoms. The highest BCUT2D eigenvalue weighted by Gasteiger charge is 2.36. The molecule has 0 atom stereocenters. The zero-order valence-corrected chi connectivity index (χ0v) is 14.8. The van der Waals surface area contributed by atoms with E-state index in [1.807, 2.05) is 18.8 Å². The first-order valence-corrected chi connectivity index (χ1v) is 9.31. The summed E-state index contributed by atoms with van der Waals surface area (Å²) in [5.74, 6) is 1.04. The van der Waals surface area contributed by atoms with Crippen LogP contribution in [0.3, 0.4) is 0 Å². The molecule has 3 aromatic carbocycles. The third-order valence-electron chi connectivity index (χ3n) is 4.21. The maximum atomic E-state index is 3.27. The third-order valence-corrected chi connectivity index (χ3v) is 5.76. The van der Waals surface area contributed by atoms with E-state index >= 15 is 0 Å². The van der Waals surface area contributed by atoms with E-state index in [4.69, 9.17) is 0 Å². The van der Waals surface area contributed by atoms with Crippen LogP contribution in [-0.4, -0.2) is 19.3 Å². The van der Waals surface area contributed by atoms with Crippen molar-refractivity contribution in [1.82, 2.24) is 5.32 Å². The molecule has 122 valence electrons. The highest BCUT2D eigenvalue weighted by molar-refractivity contribution is 8.00. The number of nitrogens with one attached hydrogen (secondary N) is 1. The van der Waals surface area contributed by atoms with Crippen LogP contribution in [0, 0.1) is 0 Å². The lowest BCUT2D eigenvalue weighted by molar-refractivity contribution is 0.852. The molecule has 0 aliphatic rings. The fraction of sp³-hybridized carbons (Fsp3) is 0.182. The minimum Gasteiger partial charge on any atom is -0.319 e. The number of hydrogen-bond acceptors (Lipinski definition) is 2. The largest absolute Gasteiger partial charge is 0.319 e. The second-order valence-corrected chi connectivity index (χ2v) is 7.04. The van der Waals surface area contributed by atoms with Crippen LogP contribution in [0.2, 0.25) is 0 Å². The summed E-state index contributed by atoms with van der Waals surface area (Å²) in [6.07, 6.45) is 0. The zero-order chi connectivity index (χ0) is 16.7. The van der Waals surface area contributed by atoms with E-state index < -0.39 is 0 Å². The van der Waals surface area contributed by atoms with E-state index in [9.17, 15) is 0 Å². The van der Waals surface area contributed by atoms with Crippen LogP contribution in [0.15, 0.2) is 91.0 Å². The molecule has 0 heterocycles. The van der Waals surface area contributed by atoms with Crippen LogP contribution < -0.4 is 5.32 Å². The Morgan fingerprint density at radius 1 is 0.667 bits per heavy atom. The van der Waals surface area contributed by atoms with Gasteiger partial charge in [-0.1, -0.05) is 91.0 Å². The second kappa shape index (κ2) is 8.18. The molecular weight excluding hydrogens is 310 g/mol. The van der Waals surface area contributed by atoms with Crippen molar-refractivity contribution >= 4 is 11.8 Å². The van der Waals surface area contributed by atoms with Gasteiger partial charge in [-0.15, -0.1) is 11.8 Å². The van der Waals surface area contributed by atoms with Gasteiger partial charge in [-0.3, -0.25) is 0 Å². The van der Waals surface area contributed by atoms with Crippen molar-refractivity contribution in [1.29, 1.82) is 0 Å². The molecule has 0 radical (unpaired) electrons. The first-order chi connectivity index (χ1) is 11.9. The van der Waals surface area contributed by atoms with E-state index in [2.05, 4.69) is 96.3 Å². The summed E-state index contributed by atoms with van der Waals surface area (Å²) < 4.78 is -0.194. The van der Waals surface area contributed by atoms with Gasteiger partial charge in [0.1, 0.15) is 0 Å². The van der Waals surface area contributed by atoms with Gasteiger partial charge in [-0.2, -0.15) is 0 Å². The van der Waals surface area contributed by atoms with E-state index in [0.717, 1.165) is 12.3 Å². The molecule has 0 saturated carbocycles. The van der Waals surface area contributed by atoms with Crippen molar-refractivity contribution in [2.75, 3.05) is 19.3 Å². The summed E-state index contributed by atoms with van der Waals surface area (Å²) in [4.78, 5) is 0. The van der Waals surface area contributed by atoms with Crippen molar-refractivity contribution in [2.45, 2.75) is 4.75 Å². The number of thioether (sulfide) groups is 1. The monoisotopic (exact) mass is 333 g/mol.